The van der Waals surface area contributed by atoms with Crippen LogP contribution in [0.5, 0.6) is 5.75 Å². The first-order valence-electron chi connectivity index (χ1n) is 9.50. The van der Waals surface area contributed by atoms with Crippen LogP contribution in [0.3, 0.4) is 0 Å². The van der Waals surface area contributed by atoms with Crippen LogP contribution >= 0.6 is 12.4 Å². The van der Waals surface area contributed by atoms with Crippen molar-refractivity contribution in [3.05, 3.63) is 29.8 Å². The number of benzene rings is 1. The second-order valence-corrected chi connectivity index (χ2v) is 6.62. The van der Waals surface area contributed by atoms with Gasteiger partial charge in [-0.15, -0.1) is 12.4 Å². The van der Waals surface area contributed by atoms with Crippen LogP contribution < -0.4 is 10.5 Å². The topological polar surface area (TPSA) is 35.2 Å². The zero-order valence-corrected chi connectivity index (χ0v) is 16.5. The van der Waals surface area contributed by atoms with Gasteiger partial charge in [-0.3, -0.25) is 0 Å². The maximum atomic E-state index is 12.5. The molecule has 0 amide bonds. The summed E-state index contributed by atoms with van der Waals surface area (Å²) in [5.41, 5.74) is 5.22. The molecule has 0 heterocycles. The minimum atomic E-state index is -4.42. The molecule has 0 aliphatic carbocycles. The van der Waals surface area contributed by atoms with Gasteiger partial charge in [-0.1, -0.05) is 76.8 Å². The van der Waals surface area contributed by atoms with Gasteiger partial charge in [-0.2, -0.15) is 13.2 Å². The SMILES string of the molecule is CCCCCCCCCCCCOc1ccc([C@H](N)C(F)(F)F)cc1.Cl. The fourth-order valence-corrected chi connectivity index (χ4v) is 2.74. The minimum absolute atomic E-state index is 0. The molecule has 152 valence electrons. The Kier molecular flexibility index (Phi) is 13.6. The van der Waals surface area contributed by atoms with Crippen molar-refractivity contribution in [3.63, 3.8) is 0 Å². The molecular weight excluding hydrogens is 363 g/mol. The monoisotopic (exact) mass is 395 g/mol. The Morgan fingerprint density at radius 3 is 1.77 bits per heavy atom. The summed E-state index contributed by atoms with van der Waals surface area (Å²) in [6, 6.07) is 3.93. The number of alkyl halides is 3. The second kappa shape index (κ2) is 14.2. The van der Waals surface area contributed by atoms with E-state index >= 15 is 0 Å². The second-order valence-electron chi connectivity index (χ2n) is 6.62. The van der Waals surface area contributed by atoms with E-state index in [1.165, 1.54) is 63.5 Å². The van der Waals surface area contributed by atoms with Crippen LogP contribution in [-0.2, 0) is 0 Å². The largest absolute Gasteiger partial charge is 0.494 e. The van der Waals surface area contributed by atoms with Gasteiger partial charge in [0.25, 0.3) is 0 Å². The highest BCUT2D eigenvalue weighted by molar-refractivity contribution is 5.85. The lowest BCUT2D eigenvalue weighted by Crippen LogP contribution is -2.28. The molecule has 0 bridgehead atoms. The Balaban J connectivity index is 0.00000625. The zero-order valence-electron chi connectivity index (χ0n) is 15.7. The fraction of sp³-hybridized carbons (Fsp3) is 0.700. The minimum Gasteiger partial charge on any atom is -0.494 e. The molecule has 1 aromatic carbocycles. The first kappa shape index (κ1) is 25.1. The Bertz CT molecular complexity index is 451. The van der Waals surface area contributed by atoms with Crippen molar-refractivity contribution in [2.75, 3.05) is 6.61 Å². The van der Waals surface area contributed by atoms with Gasteiger partial charge in [0, 0.05) is 0 Å². The molecule has 1 aromatic rings. The molecule has 0 spiro atoms. The van der Waals surface area contributed by atoms with Gasteiger partial charge in [0.05, 0.1) is 6.61 Å². The number of nitrogens with two attached hydrogens (primary N) is 1. The number of rotatable bonds is 13. The van der Waals surface area contributed by atoms with Crippen molar-refractivity contribution in [2.24, 2.45) is 5.73 Å². The van der Waals surface area contributed by atoms with Crippen LogP contribution in [-0.4, -0.2) is 12.8 Å². The summed E-state index contributed by atoms with van der Waals surface area (Å²) < 4.78 is 43.2. The molecule has 0 saturated heterocycles. The molecule has 0 radical (unpaired) electrons. The molecule has 2 N–H and O–H groups in total. The molecule has 6 heteroatoms. The van der Waals surface area contributed by atoms with E-state index in [0.717, 1.165) is 12.8 Å². The fourth-order valence-electron chi connectivity index (χ4n) is 2.74. The number of unbranched alkanes of at least 4 members (excludes halogenated alkanes) is 9. The third kappa shape index (κ3) is 10.9. The van der Waals surface area contributed by atoms with Gasteiger partial charge in [0.2, 0.25) is 0 Å². The molecule has 1 rings (SSSR count). The van der Waals surface area contributed by atoms with Crippen LogP contribution in [0.2, 0.25) is 0 Å². The average Bonchev–Trinajstić information content (AvgIpc) is 2.59. The Labute approximate surface area is 162 Å². The predicted octanol–water partition coefficient (Wildman–Crippen LogP) is 6.97. The molecule has 0 aliphatic rings. The molecule has 0 aliphatic heterocycles. The highest BCUT2D eigenvalue weighted by Gasteiger charge is 2.37. The van der Waals surface area contributed by atoms with Crippen LogP contribution in [0.15, 0.2) is 24.3 Å². The third-order valence-corrected chi connectivity index (χ3v) is 4.36. The Morgan fingerprint density at radius 1 is 0.846 bits per heavy atom. The molecular formula is C20H33ClF3NO. The van der Waals surface area contributed by atoms with Crippen molar-refractivity contribution in [3.8, 4) is 5.75 Å². The van der Waals surface area contributed by atoms with Gasteiger partial charge < -0.3 is 10.5 Å². The van der Waals surface area contributed by atoms with Gasteiger partial charge in [-0.05, 0) is 24.1 Å². The summed E-state index contributed by atoms with van der Waals surface area (Å²) in [5.74, 6) is 0.592. The summed E-state index contributed by atoms with van der Waals surface area (Å²) >= 11 is 0. The van der Waals surface area contributed by atoms with E-state index in [1.807, 2.05) is 0 Å². The average molecular weight is 396 g/mol. The normalized spacial score (nSPS) is 12.5. The third-order valence-electron chi connectivity index (χ3n) is 4.36. The van der Waals surface area contributed by atoms with E-state index < -0.39 is 12.2 Å². The Morgan fingerprint density at radius 2 is 1.31 bits per heavy atom. The maximum absolute atomic E-state index is 12.5. The lowest BCUT2D eigenvalue weighted by atomic mass is 10.1. The maximum Gasteiger partial charge on any atom is 0.407 e. The quantitative estimate of drug-likeness (QED) is 0.366. The number of hydrogen-bond acceptors (Lipinski definition) is 2. The van der Waals surface area contributed by atoms with Crippen LogP contribution in [0, 0.1) is 0 Å². The highest BCUT2D eigenvalue weighted by atomic mass is 35.5. The van der Waals surface area contributed by atoms with Gasteiger partial charge in [0.1, 0.15) is 11.8 Å². The number of ether oxygens (including phenoxy) is 1. The molecule has 0 saturated carbocycles. The molecule has 0 aromatic heterocycles. The van der Waals surface area contributed by atoms with Crippen molar-refractivity contribution in [1.29, 1.82) is 0 Å². The molecule has 2 nitrogen and oxygen atoms in total. The summed E-state index contributed by atoms with van der Waals surface area (Å²) in [5, 5.41) is 0. The zero-order chi connectivity index (χ0) is 18.5. The van der Waals surface area contributed by atoms with Crippen molar-refractivity contribution in [1.82, 2.24) is 0 Å². The van der Waals surface area contributed by atoms with Crippen LogP contribution in [0.1, 0.15) is 82.7 Å². The van der Waals surface area contributed by atoms with Crippen LogP contribution in [0.4, 0.5) is 13.2 Å². The molecule has 1 atom stereocenters. The van der Waals surface area contributed by atoms with Gasteiger partial charge in [0.15, 0.2) is 0 Å². The first-order chi connectivity index (χ1) is 11.9. The number of hydrogen-bond donors (Lipinski definition) is 1. The van der Waals surface area contributed by atoms with Crippen molar-refractivity contribution >= 4 is 12.4 Å². The van der Waals surface area contributed by atoms with E-state index in [0.29, 0.717) is 12.4 Å². The van der Waals surface area contributed by atoms with Crippen molar-refractivity contribution < 1.29 is 17.9 Å². The van der Waals surface area contributed by atoms with E-state index in [9.17, 15) is 13.2 Å². The van der Waals surface area contributed by atoms with E-state index in [-0.39, 0.29) is 18.0 Å². The Hall–Kier alpha value is -0.940. The lowest BCUT2D eigenvalue weighted by molar-refractivity contribution is -0.149. The van der Waals surface area contributed by atoms with Crippen LogP contribution in [0.25, 0.3) is 0 Å². The van der Waals surface area contributed by atoms with Gasteiger partial charge in [-0.25, -0.2) is 0 Å². The van der Waals surface area contributed by atoms with E-state index in [4.69, 9.17) is 10.5 Å². The molecule has 0 unspecified atom stereocenters. The molecule has 0 fully saturated rings. The predicted molar refractivity (Wildman–Crippen MR) is 104 cm³/mol. The van der Waals surface area contributed by atoms with Gasteiger partial charge >= 0.3 is 6.18 Å². The van der Waals surface area contributed by atoms with E-state index in [1.54, 1.807) is 12.1 Å². The highest BCUT2D eigenvalue weighted by Crippen LogP contribution is 2.31. The standard InChI is InChI=1S/C20H32F3NO.ClH/c1-2-3-4-5-6-7-8-9-10-11-16-25-18-14-12-17(13-15-18)19(24)20(21,22)23;/h12-15,19H,2-11,16,24H2,1H3;1H/t19-;/m0./s1. The summed E-state index contributed by atoms with van der Waals surface area (Å²) in [4.78, 5) is 0. The summed E-state index contributed by atoms with van der Waals surface area (Å²) in [6.45, 7) is 2.83. The van der Waals surface area contributed by atoms with E-state index in [2.05, 4.69) is 6.92 Å². The molecule has 26 heavy (non-hydrogen) atoms. The first-order valence-corrected chi connectivity index (χ1v) is 9.50. The summed E-state index contributed by atoms with van der Waals surface area (Å²) in [7, 11) is 0. The summed E-state index contributed by atoms with van der Waals surface area (Å²) in [6.07, 6.45) is 8.17. The van der Waals surface area contributed by atoms with Crippen molar-refractivity contribution in [2.45, 2.75) is 83.4 Å². The lowest BCUT2D eigenvalue weighted by Gasteiger charge is -2.16. The smallest absolute Gasteiger partial charge is 0.407 e. The number of halogens is 4.